The Kier molecular flexibility index (Phi) is 3.37. The van der Waals surface area contributed by atoms with Crippen molar-refractivity contribution in [3.05, 3.63) is 11.6 Å². The molecule has 1 rings (SSSR count). The van der Waals surface area contributed by atoms with E-state index >= 15 is 0 Å². The average molecular weight is 175 g/mol. The van der Waals surface area contributed by atoms with Crippen LogP contribution < -0.4 is 5.32 Å². The van der Waals surface area contributed by atoms with Gasteiger partial charge in [-0.1, -0.05) is 18.2 Å². The summed E-state index contributed by atoms with van der Waals surface area (Å²) >= 11 is 5.72. The van der Waals surface area contributed by atoms with Gasteiger partial charge in [-0.2, -0.15) is 0 Å². The fourth-order valence-corrected chi connectivity index (χ4v) is 1.49. The summed E-state index contributed by atoms with van der Waals surface area (Å²) in [6, 6.07) is 0.583. The molecular weight excluding hydrogens is 160 g/mol. The predicted molar refractivity (Wildman–Crippen MR) is 48.9 cm³/mol. The lowest BCUT2D eigenvalue weighted by atomic mass is 10.2. The van der Waals surface area contributed by atoms with Gasteiger partial charge < -0.3 is 5.32 Å². The topological polar surface area (TPSA) is 15.3 Å². The summed E-state index contributed by atoms with van der Waals surface area (Å²) in [5.74, 6) is 0. The van der Waals surface area contributed by atoms with Crippen molar-refractivity contribution in [2.24, 2.45) is 0 Å². The first-order valence-corrected chi connectivity index (χ1v) is 4.36. The van der Waals surface area contributed by atoms with Gasteiger partial charge in [0, 0.05) is 37.3 Å². The number of piperazine rings is 1. The fraction of sp³-hybridized carbons (Fsp3) is 0.750. The minimum Gasteiger partial charge on any atom is -0.314 e. The van der Waals surface area contributed by atoms with Crippen LogP contribution >= 0.6 is 11.6 Å². The van der Waals surface area contributed by atoms with E-state index in [-0.39, 0.29) is 0 Å². The summed E-state index contributed by atoms with van der Waals surface area (Å²) < 4.78 is 0. The molecule has 3 heteroatoms. The third kappa shape index (κ3) is 2.81. The quantitative estimate of drug-likeness (QED) is 0.673. The average Bonchev–Trinajstić information content (AvgIpc) is 1.93. The fourth-order valence-electron chi connectivity index (χ4n) is 1.34. The Labute approximate surface area is 73.2 Å². The predicted octanol–water partition coefficient (Wildman–Crippen LogP) is 1.03. The van der Waals surface area contributed by atoms with E-state index < -0.39 is 0 Å². The highest BCUT2D eigenvalue weighted by Gasteiger charge is 2.17. The highest BCUT2D eigenvalue weighted by molar-refractivity contribution is 6.29. The van der Waals surface area contributed by atoms with Crippen molar-refractivity contribution < 1.29 is 0 Å². The number of halogens is 1. The second kappa shape index (κ2) is 4.10. The zero-order chi connectivity index (χ0) is 8.27. The van der Waals surface area contributed by atoms with Gasteiger partial charge in [-0.15, -0.1) is 0 Å². The maximum atomic E-state index is 5.72. The van der Waals surface area contributed by atoms with Gasteiger partial charge in [0.2, 0.25) is 0 Å². The molecule has 1 unspecified atom stereocenters. The van der Waals surface area contributed by atoms with Gasteiger partial charge in [0.1, 0.15) is 0 Å². The molecule has 0 bridgehead atoms. The van der Waals surface area contributed by atoms with Crippen LogP contribution in [0.4, 0.5) is 0 Å². The first-order valence-electron chi connectivity index (χ1n) is 3.98. The molecule has 0 radical (unpaired) electrons. The Bertz CT molecular complexity index is 147. The van der Waals surface area contributed by atoms with Crippen LogP contribution in [0.2, 0.25) is 0 Å². The van der Waals surface area contributed by atoms with Crippen LogP contribution in [0.1, 0.15) is 6.92 Å². The van der Waals surface area contributed by atoms with E-state index in [1.807, 2.05) is 0 Å². The minimum atomic E-state index is 0.583. The van der Waals surface area contributed by atoms with Crippen LogP contribution in [-0.2, 0) is 0 Å². The van der Waals surface area contributed by atoms with Crippen LogP contribution in [0.5, 0.6) is 0 Å². The molecule has 1 aliphatic heterocycles. The summed E-state index contributed by atoms with van der Waals surface area (Å²) in [5, 5.41) is 4.06. The zero-order valence-corrected chi connectivity index (χ0v) is 7.69. The SMILES string of the molecule is C=C(Cl)CN1CCNCC1C. The molecule has 0 spiro atoms. The Balaban J connectivity index is 2.35. The number of hydrogen-bond acceptors (Lipinski definition) is 2. The summed E-state index contributed by atoms with van der Waals surface area (Å²) in [7, 11) is 0. The van der Waals surface area contributed by atoms with Crippen molar-refractivity contribution in [2.45, 2.75) is 13.0 Å². The van der Waals surface area contributed by atoms with Gasteiger partial charge in [-0.05, 0) is 6.92 Å². The van der Waals surface area contributed by atoms with Gasteiger partial charge in [0.15, 0.2) is 0 Å². The lowest BCUT2D eigenvalue weighted by molar-refractivity contribution is 0.191. The highest BCUT2D eigenvalue weighted by Crippen LogP contribution is 2.07. The van der Waals surface area contributed by atoms with Crippen molar-refractivity contribution >= 4 is 11.6 Å². The summed E-state index contributed by atoms with van der Waals surface area (Å²) in [5.41, 5.74) is 0. The molecule has 1 fully saturated rings. The molecule has 64 valence electrons. The summed E-state index contributed by atoms with van der Waals surface area (Å²) in [6.45, 7) is 9.91. The van der Waals surface area contributed by atoms with Crippen LogP contribution in [0.3, 0.4) is 0 Å². The van der Waals surface area contributed by atoms with E-state index in [0.29, 0.717) is 6.04 Å². The Morgan fingerprint density at radius 2 is 2.55 bits per heavy atom. The van der Waals surface area contributed by atoms with Gasteiger partial charge in [0.05, 0.1) is 0 Å². The zero-order valence-electron chi connectivity index (χ0n) is 6.94. The minimum absolute atomic E-state index is 0.583. The molecule has 0 aromatic heterocycles. The molecule has 1 heterocycles. The molecule has 1 N–H and O–H groups in total. The molecule has 0 aromatic rings. The Morgan fingerprint density at radius 3 is 3.09 bits per heavy atom. The molecule has 0 amide bonds. The lowest BCUT2D eigenvalue weighted by Crippen LogP contribution is -2.49. The van der Waals surface area contributed by atoms with Crippen LogP contribution in [-0.4, -0.2) is 37.1 Å². The number of rotatable bonds is 2. The van der Waals surface area contributed by atoms with E-state index in [1.165, 1.54) is 0 Å². The maximum Gasteiger partial charge on any atom is 0.0339 e. The molecular formula is C8H15ClN2. The molecule has 0 aliphatic carbocycles. The third-order valence-electron chi connectivity index (χ3n) is 2.01. The monoisotopic (exact) mass is 174 g/mol. The maximum absolute atomic E-state index is 5.72. The van der Waals surface area contributed by atoms with Crippen molar-refractivity contribution in [2.75, 3.05) is 26.2 Å². The number of hydrogen-bond donors (Lipinski definition) is 1. The standard InChI is InChI=1S/C8H15ClN2/c1-7(9)6-11-4-3-10-5-8(11)2/h8,10H,1,3-6H2,2H3. The summed E-state index contributed by atoms with van der Waals surface area (Å²) in [4.78, 5) is 2.34. The lowest BCUT2D eigenvalue weighted by Gasteiger charge is -2.33. The number of nitrogens with zero attached hydrogens (tertiary/aromatic N) is 1. The second-order valence-corrected chi connectivity index (χ2v) is 3.58. The van der Waals surface area contributed by atoms with Gasteiger partial charge in [0.25, 0.3) is 0 Å². The Morgan fingerprint density at radius 1 is 1.82 bits per heavy atom. The first-order chi connectivity index (χ1) is 5.20. The van der Waals surface area contributed by atoms with E-state index in [4.69, 9.17) is 11.6 Å². The molecule has 11 heavy (non-hydrogen) atoms. The normalized spacial score (nSPS) is 26.9. The van der Waals surface area contributed by atoms with Gasteiger partial charge >= 0.3 is 0 Å². The van der Waals surface area contributed by atoms with Crippen LogP contribution in [0.25, 0.3) is 0 Å². The molecule has 0 saturated carbocycles. The van der Waals surface area contributed by atoms with Crippen molar-refractivity contribution in [1.82, 2.24) is 10.2 Å². The number of nitrogens with one attached hydrogen (secondary N) is 1. The second-order valence-electron chi connectivity index (χ2n) is 3.04. The van der Waals surface area contributed by atoms with E-state index in [2.05, 4.69) is 23.7 Å². The van der Waals surface area contributed by atoms with Gasteiger partial charge in [-0.25, -0.2) is 0 Å². The molecule has 1 atom stereocenters. The van der Waals surface area contributed by atoms with Crippen molar-refractivity contribution in [3.63, 3.8) is 0 Å². The molecule has 0 aromatic carbocycles. The van der Waals surface area contributed by atoms with E-state index in [1.54, 1.807) is 0 Å². The van der Waals surface area contributed by atoms with Crippen molar-refractivity contribution in [3.8, 4) is 0 Å². The molecule has 1 saturated heterocycles. The largest absolute Gasteiger partial charge is 0.314 e. The molecule has 2 nitrogen and oxygen atoms in total. The Hall–Kier alpha value is -0.0500. The van der Waals surface area contributed by atoms with Crippen LogP contribution in [0.15, 0.2) is 11.6 Å². The highest BCUT2D eigenvalue weighted by atomic mass is 35.5. The first kappa shape index (κ1) is 9.04. The van der Waals surface area contributed by atoms with E-state index in [0.717, 1.165) is 31.2 Å². The van der Waals surface area contributed by atoms with Crippen LogP contribution in [0, 0.1) is 0 Å². The smallest absolute Gasteiger partial charge is 0.0339 e. The van der Waals surface area contributed by atoms with Gasteiger partial charge in [-0.3, -0.25) is 4.90 Å². The molecule has 1 aliphatic rings. The summed E-state index contributed by atoms with van der Waals surface area (Å²) in [6.07, 6.45) is 0. The van der Waals surface area contributed by atoms with Crippen molar-refractivity contribution in [1.29, 1.82) is 0 Å². The third-order valence-corrected chi connectivity index (χ3v) is 2.13. The van der Waals surface area contributed by atoms with E-state index in [9.17, 15) is 0 Å².